The Kier molecular flexibility index (Phi) is 7.27. The van der Waals surface area contributed by atoms with E-state index >= 15 is 0 Å². The molecule has 20 heavy (non-hydrogen) atoms. The van der Waals surface area contributed by atoms with E-state index in [1.54, 1.807) is 0 Å². The van der Waals surface area contributed by atoms with E-state index in [1.807, 2.05) is 0 Å². The fourth-order valence-electron chi connectivity index (χ4n) is 1.57. The summed E-state index contributed by atoms with van der Waals surface area (Å²) in [6.07, 6.45) is 1.74. The molecule has 0 bridgehead atoms. The van der Waals surface area contributed by atoms with Crippen LogP contribution in [-0.2, 0) is 4.79 Å². The van der Waals surface area contributed by atoms with Crippen molar-refractivity contribution in [3.05, 3.63) is 35.6 Å². The molecular weight excluding hydrogens is 261 g/mol. The number of benzene rings is 1. The maximum Gasteiger partial charge on any atom is 0.251 e. The number of carbonyl (C=O) groups is 2. The fraction of sp³-hybridized carbons (Fsp3) is 0.429. The van der Waals surface area contributed by atoms with Crippen molar-refractivity contribution in [3.63, 3.8) is 0 Å². The van der Waals surface area contributed by atoms with Gasteiger partial charge in [-0.05, 0) is 43.7 Å². The average Bonchev–Trinajstić information content (AvgIpc) is 2.45. The molecule has 0 fully saturated rings. The number of amides is 2. The van der Waals surface area contributed by atoms with E-state index < -0.39 is 0 Å². The molecule has 0 spiro atoms. The predicted octanol–water partition coefficient (Wildman–Crippen LogP) is 0.801. The first kappa shape index (κ1) is 16.1. The predicted molar refractivity (Wildman–Crippen MR) is 74.6 cm³/mol. The summed E-state index contributed by atoms with van der Waals surface area (Å²) in [6, 6.07) is 5.34. The minimum absolute atomic E-state index is 0.0275. The number of nitrogens with one attached hydrogen (secondary N) is 2. The highest BCUT2D eigenvalue weighted by Gasteiger charge is 2.04. The van der Waals surface area contributed by atoms with Gasteiger partial charge in [0.15, 0.2) is 0 Å². The normalized spacial score (nSPS) is 10.1. The first-order chi connectivity index (χ1) is 9.63. The van der Waals surface area contributed by atoms with E-state index in [-0.39, 0.29) is 17.6 Å². The average molecular weight is 281 g/mol. The zero-order valence-electron chi connectivity index (χ0n) is 11.3. The zero-order chi connectivity index (χ0) is 14.8. The minimum Gasteiger partial charge on any atom is -0.356 e. The Balaban J connectivity index is 2.13. The smallest absolute Gasteiger partial charge is 0.251 e. The molecule has 0 unspecified atom stereocenters. The fourth-order valence-corrected chi connectivity index (χ4v) is 1.57. The highest BCUT2D eigenvalue weighted by atomic mass is 19.1. The molecule has 0 saturated heterocycles. The lowest BCUT2D eigenvalue weighted by Gasteiger charge is -2.06. The summed E-state index contributed by atoms with van der Waals surface area (Å²) in [5, 5.41) is 5.45. The molecular formula is C14H20FN3O2. The summed E-state index contributed by atoms with van der Waals surface area (Å²) in [6.45, 7) is 1.46. The molecule has 6 heteroatoms. The van der Waals surface area contributed by atoms with Gasteiger partial charge in [0, 0.05) is 25.1 Å². The van der Waals surface area contributed by atoms with Crippen molar-refractivity contribution in [2.75, 3.05) is 19.6 Å². The lowest BCUT2D eigenvalue weighted by Crippen LogP contribution is -2.30. The van der Waals surface area contributed by atoms with Crippen LogP contribution in [0.1, 0.15) is 29.6 Å². The lowest BCUT2D eigenvalue weighted by atomic mass is 10.2. The maximum absolute atomic E-state index is 12.7. The third kappa shape index (κ3) is 6.29. The molecule has 4 N–H and O–H groups in total. The molecule has 0 radical (unpaired) electrons. The molecule has 1 aromatic rings. The van der Waals surface area contributed by atoms with E-state index in [9.17, 15) is 14.0 Å². The molecule has 0 aliphatic carbocycles. The zero-order valence-corrected chi connectivity index (χ0v) is 11.3. The van der Waals surface area contributed by atoms with Crippen LogP contribution in [0.15, 0.2) is 24.3 Å². The summed E-state index contributed by atoms with van der Waals surface area (Å²) in [5.41, 5.74) is 5.72. The summed E-state index contributed by atoms with van der Waals surface area (Å²) in [7, 11) is 0. The SMILES string of the molecule is NCCCC(=O)NCCCNC(=O)c1ccc(F)cc1. The number of hydrogen-bond acceptors (Lipinski definition) is 3. The van der Waals surface area contributed by atoms with Crippen LogP contribution >= 0.6 is 0 Å². The van der Waals surface area contributed by atoms with Gasteiger partial charge in [-0.3, -0.25) is 9.59 Å². The minimum atomic E-state index is -0.373. The van der Waals surface area contributed by atoms with Gasteiger partial charge in [0.25, 0.3) is 5.91 Å². The van der Waals surface area contributed by atoms with Gasteiger partial charge in [0.2, 0.25) is 5.91 Å². The van der Waals surface area contributed by atoms with Crippen molar-refractivity contribution in [2.45, 2.75) is 19.3 Å². The Labute approximate surface area is 117 Å². The number of carbonyl (C=O) groups excluding carboxylic acids is 2. The maximum atomic E-state index is 12.7. The van der Waals surface area contributed by atoms with Crippen LogP contribution < -0.4 is 16.4 Å². The number of nitrogens with two attached hydrogens (primary N) is 1. The molecule has 0 saturated carbocycles. The van der Waals surface area contributed by atoms with Gasteiger partial charge in [-0.2, -0.15) is 0 Å². The van der Waals surface area contributed by atoms with Crippen LogP contribution in [0.25, 0.3) is 0 Å². The molecule has 2 amide bonds. The molecule has 0 atom stereocenters. The summed E-state index contributed by atoms with van der Waals surface area (Å²) >= 11 is 0. The van der Waals surface area contributed by atoms with E-state index in [2.05, 4.69) is 10.6 Å². The molecule has 5 nitrogen and oxygen atoms in total. The third-order valence-corrected chi connectivity index (χ3v) is 2.68. The Morgan fingerprint density at radius 3 is 2.35 bits per heavy atom. The van der Waals surface area contributed by atoms with E-state index in [0.29, 0.717) is 44.5 Å². The summed E-state index contributed by atoms with van der Waals surface area (Å²) in [4.78, 5) is 22.9. The second kappa shape index (κ2) is 9.03. The van der Waals surface area contributed by atoms with Gasteiger partial charge >= 0.3 is 0 Å². The van der Waals surface area contributed by atoms with Gasteiger partial charge in [0.05, 0.1) is 0 Å². The Morgan fingerprint density at radius 1 is 1.05 bits per heavy atom. The van der Waals surface area contributed by atoms with Crippen molar-refractivity contribution in [1.29, 1.82) is 0 Å². The van der Waals surface area contributed by atoms with Crippen molar-refractivity contribution >= 4 is 11.8 Å². The van der Waals surface area contributed by atoms with E-state index in [1.165, 1.54) is 24.3 Å². The Hall–Kier alpha value is -1.95. The van der Waals surface area contributed by atoms with Crippen LogP contribution in [-0.4, -0.2) is 31.4 Å². The highest BCUT2D eigenvalue weighted by Crippen LogP contribution is 2.02. The van der Waals surface area contributed by atoms with Crippen molar-refractivity contribution in [1.82, 2.24) is 10.6 Å². The molecule has 0 aliphatic heterocycles. The van der Waals surface area contributed by atoms with Gasteiger partial charge < -0.3 is 16.4 Å². The Bertz CT molecular complexity index is 435. The van der Waals surface area contributed by atoms with Gasteiger partial charge in [0.1, 0.15) is 5.82 Å². The van der Waals surface area contributed by atoms with Crippen LogP contribution in [0.3, 0.4) is 0 Å². The van der Waals surface area contributed by atoms with Crippen molar-refractivity contribution < 1.29 is 14.0 Å². The van der Waals surface area contributed by atoms with Crippen molar-refractivity contribution in [2.24, 2.45) is 5.73 Å². The standard InChI is InChI=1S/C14H20FN3O2/c15-12-6-4-11(5-7-12)14(20)18-10-2-9-17-13(19)3-1-8-16/h4-7H,1-3,8-10,16H2,(H,17,19)(H,18,20). The molecule has 1 rings (SSSR count). The van der Waals surface area contributed by atoms with Crippen LogP contribution in [0.5, 0.6) is 0 Å². The third-order valence-electron chi connectivity index (χ3n) is 2.68. The Morgan fingerprint density at radius 2 is 1.70 bits per heavy atom. The summed E-state index contributed by atoms with van der Waals surface area (Å²) in [5.74, 6) is -0.651. The first-order valence-corrected chi connectivity index (χ1v) is 6.64. The monoisotopic (exact) mass is 281 g/mol. The largest absolute Gasteiger partial charge is 0.356 e. The molecule has 0 heterocycles. The van der Waals surface area contributed by atoms with Gasteiger partial charge in [-0.25, -0.2) is 4.39 Å². The number of hydrogen-bond donors (Lipinski definition) is 3. The topological polar surface area (TPSA) is 84.2 Å². The number of halogens is 1. The van der Waals surface area contributed by atoms with Crippen LogP contribution in [0.4, 0.5) is 4.39 Å². The molecule has 110 valence electrons. The highest BCUT2D eigenvalue weighted by molar-refractivity contribution is 5.94. The quantitative estimate of drug-likeness (QED) is 0.616. The van der Waals surface area contributed by atoms with E-state index in [4.69, 9.17) is 5.73 Å². The molecule has 0 aliphatic rings. The second-order valence-electron chi connectivity index (χ2n) is 4.36. The molecule has 0 aromatic heterocycles. The van der Waals surface area contributed by atoms with Crippen LogP contribution in [0.2, 0.25) is 0 Å². The van der Waals surface area contributed by atoms with Gasteiger partial charge in [-0.1, -0.05) is 0 Å². The van der Waals surface area contributed by atoms with E-state index in [0.717, 1.165) is 0 Å². The lowest BCUT2D eigenvalue weighted by molar-refractivity contribution is -0.121. The molecule has 1 aromatic carbocycles. The van der Waals surface area contributed by atoms with Gasteiger partial charge in [-0.15, -0.1) is 0 Å². The van der Waals surface area contributed by atoms with Crippen molar-refractivity contribution in [3.8, 4) is 0 Å². The summed E-state index contributed by atoms with van der Waals surface area (Å²) < 4.78 is 12.7. The first-order valence-electron chi connectivity index (χ1n) is 6.64. The van der Waals surface area contributed by atoms with Crippen LogP contribution in [0, 0.1) is 5.82 Å². The second-order valence-corrected chi connectivity index (χ2v) is 4.36. The number of rotatable bonds is 8.